The monoisotopic (exact) mass is 586 g/mol. The van der Waals surface area contributed by atoms with E-state index in [1.807, 2.05) is 54.6 Å². The van der Waals surface area contributed by atoms with Crippen LogP contribution >= 0.6 is 7.26 Å². The van der Waals surface area contributed by atoms with Gasteiger partial charge in [-0.3, -0.25) is 0 Å². The Labute approximate surface area is 230 Å². The molecule has 0 saturated heterocycles. The third kappa shape index (κ3) is 7.14. The maximum atomic E-state index is 10.6. The van der Waals surface area contributed by atoms with Gasteiger partial charge in [0.05, 0.1) is 55.4 Å². The maximum Gasteiger partial charge on any atom is 0.188 e. The van der Waals surface area contributed by atoms with E-state index in [2.05, 4.69) is 0 Å². The third-order valence-electron chi connectivity index (χ3n) is 5.79. The standard InChI is InChI=1S/C26H32O7P.ClHO4/c1-28-18-10-7-11-19(29-2)24(18)34(17-16-27,25-20(30-3)12-8-13-21(25)31-4)26-22(32-5)14-9-15-23(26)33-6;2-1(3,4)5/h7-15,27H,16-17H2,1-6H3;(H,2,3,4,5)/q+1;/p-1. The summed E-state index contributed by atoms with van der Waals surface area (Å²) in [6.07, 6.45) is 0.331. The lowest BCUT2D eigenvalue weighted by Crippen LogP contribution is -2.68. The van der Waals surface area contributed by atoms with Crippen LogP contribution in [0.5, 0.6) is 34.5 Å². The van der Waals surface area contributed by atoms with E-state index >= 15 is 0 Å². The zero-order chi connectivity index (χ0) is 29.2. The Morgan fingerprint density at radius 2 is 0.744 bits per heavy atom. The topological polar surface area (TPSA) is 168 Å². The van der Waals surface area contributed by atoms with Gasteiger partial charge in [0.25, 0.3) is 0 Å². The first-order valence-electron chi connectivity index (χ1n) is 11.3. The fraction of sp³-hybridized carbons (Fsp3) is 0.308. The highest BCUT2D eigenvalue weighted by molar-refractivity contribution is 7.96. The molecule has 0 aliphatic heterocycles. The van der Waals surface area contributed by atoms with Gasteiger partial charge in [-0.2, -0.15) is 0 Å². The van der Waals surface area contributed by atoms with E-state index in [9.17, 15) is 5.11 Å². The lowest BCUT2D eigenvalue weighted by molar-refractivity contribution is -2.00. The minimum atomic E-state index is -4.94. The molecular formula is C26H32ClO11P. The summed E-state index contributed by atoms with van der Waals surface area (Å²) in [5.74, 6) is 3.68. The molecule has 0 aliphatic carbocycles. The molecule has 3 aromatic rings. The van der Waals surface area contributed by atoms with E-state index in [0.29, 0.717) is 40.7 Å². The highest BCUT2D eigenvalue weighted by Gasteiger charge is 2.57. The quantitative estimate of drug-likeness (QED) is 0.253. The predicted molar refractivity (Wildman–Crippen MR) is 136 cm³/mol. The van der Waals surface area contributed by atoms with Crippen molar-refractivity contribution < 1.29 is 62.4 Å². The average Bonchev–Trinajstić information content (AvgIpc) is 2.93. The van der Waals surface area contributed by atoms with Crippen molar-refractivity contribution >= 4 is 23.2 Å². The molecule has 0 bridgehead atoms. The van der Waals surface area contributed by atoms with Gasteiger partial charge in [-0.15, -0.1) is 10.2 Å². The number of aliphatic hydroxyl groups excluding tert-OH is 1. The first kappa shape index (κ1) is 32.2. The van der Waals surface area contributed by atoms with Gasteiger partial charge < -0.3 is 33.5 Å². The highest BCUT2D eigenvalue weighted by Crippen LogP contribution is 2.65. The zero-order valence-electron chi connectivity index (χ0n) is 22.5. The molecule has 0 atom stereocenters. The molecule has 0 spiro atoms. The smallest absolute Gasteiger partial charge is 0.188 e. The molecule has 0 heterocycles. The first-order chi connectivity index (χ1) is 18.6. The molecule has 214 valence electrons. The SMILES string of the molecule is COc1cccc(OC)c1[P+](CCO)(c1c(OC)cccc1OC)c1c(OC)cccc1OC.[O-][Cl+3]([O-])([O-])[O-]. The Kier molecular flexibility index (Phi) is 11.9. The minimum Gasteiger partial charge on any atom is -0.492 e. The number of halogens is 1. The molecule has 1 N–H and O–H groups in total. The van der Waals surface area contributed by atoms with E-state index < -0.39 is 17.5 Å². The number of ether oxygens (including phenoxy) is 6. The van der Waals surface area contributed by atoms with E-state index in [4.69, 9.17) is 47.1 Å². The van der Waals surface area contributed by atoms with E-state index in [0.717, 1.165) is 15.9 Å². The van der Waals surface area contributed by atoms with Crippen molar-refractivity contribution in [1.82, 2.24) is 0 Å². The number of hydrogen-bond donors (Lipinski definition) is 1. The summed E-state index contributed by atoms with van der Waals surface area (Å²) in [4.78, 5) is 0. The molecule has 3 rings (SSSR count). The van der Waals surface area contributed by atoms with Gasteiger partial charge in [-0.05, 0) is 36.4 Å². The Balaban J connectivity index is 0.000000976. The van der Waals surface area contributed by atoms with Gasteiger partial charge in [-0.1, -0.05) is 18.2 Å². The summed E-state index contributed by atoms with van der Waals surface area (Å²) in [6, 6.07) is 16.9. The largest absolute Gasteiger partial charge is 0.492 e. The lowest BCUT2D eigenvalue weighted by atomic mass is 10.3. The number of benzene rings is 3. The summed E-state index contributed by atoms with van der Waals surface area (Å²) in [6.45, 7) is -0.128. The van der Waals surface area contributed by atoms with Gasteiger partial charge in [0.1, 0.15) is 7.26 Å². The van der Waals surface area contributed by atoms with Crippen molar-refractivity contribution in [2.75, 3.05) is 55.4 Å². The summed E-state index contributed by atoms with van der Waals surface area (Å²) in [7, 11) is 1.87. The zero-order valence-corrected chi connectivity index (χ0v) is 24.1. The summed E-state index contributed by atoms with van der Waals surface area (Å²) >= 11 is 0. The second-order valence-electron chi connectivity index (χ2n) is 7.67. The molecule has 39 heavy (non-hydrogen) atoms. The Bertz CT molecular complexity index is 1010. The van der Waals surface area contributed by atoms with Crippen LogP contribution in [0.3, 0.4) is 0 Å². The predicted octanol–water partition coefficient (Wildman–Crippen LogP) is -1.73. The van der Waals surface area contributed by atoms with Gasteiger partial charge >= 0.3 is 0 Å². The fourth-order valence-electron chi connectivity index (χ4n) is 4.44. The first-order valence-corrected chi connectivity index (χ1v) is 14.5. The second-order valence-corrected chi connectivity index (χ2v) is 11.8. The third-order valence-corrected chi connectivity index (χ3v) is 10.3. The molecule has 11 nitrogen and oxygen atoms in total. The van der Waals surface area contributed by atoms with Crippen LogP contribution < -0.4 is 63.0 Å². The molecule has 3 aromatic carbocycles. The van der Waals surface area contributed by atoms with Crippen molar-refractivity contribution in [3.05, 3.63) is 54.6 Å². The average molecular weight is 587 g/mol. The summed E-state index contributed by atoms with van der Waals surface area (Å²) in [5.41, 5.74) is 0. The number of methoxy groups -OCH3 is 6. The van der Waals surface area contributed by atoms with Crippen LogP contribution in [0.1, 0.15) is 0 Å². The Hall–Kier alpha value is -3.02. The van der Waals surface area contributed by atoms with Crippen LogP contribution in [0.15, 0.2) is 54.6 Å². The molecule has 0 amide bonds. The van der Waals surface area contributed by atoms with Gasteiger partial charge in [0.2, 0.25) is 0 Å². The number of rotatable bonds is 11. The van der Waals surface area contributed by atoms with Crippen molar-refractivity contribution in [1.29, 1.82) is 0 Å². The van der Waals surface area contributed by atoms with Crippen LogP contribution in [0.25, 0.3) is 0 Å². The molecule has 0 aliphatic rings. The molecule has 0 aromatic heterocycles. The van der Waals surface area contributed by atoms with Crippen molar-refractivity contribution in [3.8, 4) is 34.5 Å². The lowest BCUT2D eigenvalue weighted by Gasteiger charge is -2.32. The summed E-state index contributed by atoms with van der Waals surface area (Å²) < 4.78 is 69.3. The second kappa shape index (κ2) is 14.4. The highest BCUT2D eigenvalue weighted by atomic mass is 35.7. The van der Waals surface area contributed by atoms with Crippen LogP contribution in [0.4, 0.5) is 0 Å². The van der Waals surface area contributed by atoms with Gasteiger partial charge in [0.15, 0.2) is 50.4 Å². The minimum absolute atomic E-state index is 0.128. The molecule has 0 saturated carbocycles. The van der Waals surface area contributed by atoms with E-state index in [1.165, 1.54) is 0 Å². The van der Waals surface area contributed by atoms with Crippen LogP contribution in [-0.4, -0.2) is 60.5 Å². The Morgan fingerprint density at radius 1 is 0.538 bits per heavy atom. The molecule has 0 radical (unpaired) electrons. The Morgan fingerprint density at radius 3 is 0.897 bits per heavy atom. The van der Waals surface area contributed by atoms with Gasteiger partial charge in [-0.25, -0.2) is 18.6 Å². The summed E-state index contributed by atoms with van der Waals surface area (Å²) in [5, 5.41) is 12.9. The number of hydrogen-bond acceptors (Lipinski definition) is 11. The maximum absolute atomic E-state index is 10.6. The van der Waals surface area contributed by atoms with Crippen LogP contribution in [0.2, 0.25) is 0 Å². The normalized spacial score (nSPS) is 11.2. The van der Waals surface area contributed by atoms with Crippen LogP contribution in [-0.2, 0) is 0 Å². The molecule has 0 fully saturated rings. The van der Waals surface area contributed by atoms with Crippen molar-refractivity contribution in [2.45, 2.75) is 0 Å². The molecular weight excluding hydrogens is 555 g/mol. The van der Waals surface area contributed by atoms with Crippen LogP contribution in [0, 0.1) is 10.2 Å². The fourth-order valence-corrected chi connectivity index (χ4v) is 9.34. The van der Waals surface area contributed by atoms with E-state index in [-0.39, 0.29) is 6.61 Å². The molecule has 0 unspecified atom stereocenters. The van der Waals surface area contributed by atoms with Gasteiger partial charge in [0, 0.05) is 0 Å². The van der Waals surface area contributed by atoms with E-state index in [1.54, 1.807) is 42.7 Å². The van der Waals surface area contributed by atoms with Crippen molar-refractivity contribution in [2.24, 2.45) is 0 Å². The van der Waals surface area contributed by atoms with Crippen molar-refractivity contribution in [3.63, 3.8) is 0 Å². The molecule has 13 heteroatoms. The number of aliphatic hydroxyl groups is 1.